The van der Waals surface area contributed by atoms with Gasteiger partial charge in [-0.2, -0.15) is 0 Å². The standard InChI is InChI=1S/C18H24N2O7/c1-18(2,10-21)14(23)16(25)19-8-7-13(22)15(24)20-9-11-3-5-12(6-4-11)17(26)27/h3-6,14,21,23H,7-10H2,1-2H3,(H,19,25)(H,20,24)(H,26,27)/t14-/m0/s1. The summed E-state index contributed by atoms with van der Waals surface area (Å²) in [6.07, 6.45) is -1.69. The minimum Gasteiger partial charge on any atom is -0.478 e. The molecule has 27 heavy (non-hydrogen) atoms. The van der Waals surface area contributed by atoms with E-state index in [1.165, 1.54) is 38.1 Å². The third-order valence-electron chi connectivity index (χ3n) is 3.95. The zero-order valence-electron chi connectivity index (χ0n) is 15.2. The summed E-state index contributed by atoms with van der Waals surface area (Å²) in [6, 6.07) is 5.83. The molecule has 9 heteroatoms. The number of aliphatic hydroxyl groups is 2. The number of carbonyl (C=O) groups excluding carboxylic acids is 3. The number of amides is 2. The number of rotatable bonds is 10. The molecule has 0 bridgehead atoms. The van der Waals surface area contributed by atoms with Crippen LogP contribution in [0.5, 0.6) is 0 Å². The van der Waals surface area contributed by atoms with Gasteiger partial charge in [-0.25, -0.2) is 4.79 Å². The lowest BCUT2D eigenvalue weighted by Crippen LogP contribution is -2.46. The number of aromatic carboxylic acids is 1. The maximum absolute atomic E-state index is 11.8. The van der Waals surface area contributed by atoms with Crippen LogP contribution < -0.4 is 10.6 Å². The second kappa shape index (κ2) is 9.79. The number of Topliss-reactive ketones (excluding diaryl/α,β-unsaturated/α-hetero) is 1. The average molecular weight is 380 g/mol. The zero-order valence-corrected chi connectivity index (χ0v) is 15.2. The van der Waals surface area contributed by atoms with Gasteiger partial charge in [0.05, 0.1) is 12.2 Å². The van der Waals surface area contributed by atoms with Crippen molar-refractivity contribution < 1.29 is 34.5 Å². The van der Waals surface area contributed by atoms with Crippen LogP contribution in [0.1, 0.15) is 36.2 Å². The van der Waals surface area contributed by atoms with E-state index in [0.29, 0.717) is 5.56 Å². The molecule has 0 radical (unpaired) electrons. The van der Waals surface area contributed by atoms with Crippen molar-refractivity contribution in [2.24, 2.45) is 5.41 Å². The van der Waals surface area contributed by atoms with Crippen molar-refractivity contribution in [3.8, 4) is 0 Å². The van der Waals surface area contributed by atoms with Gasteiger partial charge in [0, 0.05) is 24.9 Å². The Labute approximate surface area is 156 Å². The van der Waals surface area contributed by atoms with Gasteiger partial charge in [0.1, 0.15) is 6.10 Å². The fraction of sp³-hybridized carbons (Fsp3) is 0.444. The van der Waals surface area contributed by atoms with Gasteiger partial charge >= 0.3 is 5.97 Å². The summed E-state index contributed by atoms with van der Waals surface area (Å²) in [7, 11) is 0. The Morgan fingerprint density at radius 2 is 1.67 bits per heavy atom. The zero-order chi connectivity index (χ0) is 20.6. The Morgan fingerprint density at radius 1 is 1.07 bits per heavy atom. The molecule has 1 atom stereocenters. The number of hydrogen-bond donors (Lipinski definition) is 5. The number of carboxylic acids is 1. The van der Waals surface area contributed by atoms with Crippen molar-refractivity contribution >= 4 is 23.6 Å². The predicted molar refractivity (Wildman–Crippen MR) is 94.8 cm³/mol. The molecule has 0 saturated heterocycles. The molecule has 0 saturated carbocycles. The van der Waals surface area contributed by atoms with Gasteiger partial charge in [0.15, 0.2) is 0 Å². The lowest BCUT2D eigenvalue weighted by atomic mass is 9.87. The largest absolute Gasteiger partial charge is 0.478 e. The van der Waals surface area contributed by atoms with Crippen molar-refractivity contribution in [3.05, 3.63) is 35.4 Å². The molecule has 5 N–H and O–H groups in total. The van der Waals surface area contributed by atoms with Crippen LogP contribution in [0.15, 0.2) is 24.3 Å². The lowest BCUT2D eigenvalue weighted by molar-refractivity contribution is -0.139. The highest BCUT2D eigenvalue weighted by molar-refractivity contribution is 6.36. The van der Waals surface area contributed by atoms with Gasteiger partial charge in [0.2, 0.25) is 11.7 Å². The van der Waals surface area contributed by atoms with Gasteiger partial charge in [-0.1, -0.05) is 26.0 Å². The summed E-state index contributed by atoms with van der Waals surface area (Å²) >= 11 is 0. The Kier molecular flexibility index (Phi) is 8.07. The number of nitrogens with one attached hydrogen (secondary N) is 2. The smallest absolute Gasteiger partial charge is 0.335 e. The van der Waals surface area contributed by atoms with Crippen molar-refractivity contribution in [1.29, 1.82) is 0 Å². The first-order chi connectivity index (χ1) is 12.6. The monoisotopic (exact) mass is 380 g/mol. The van der Waals surface area contributed by atoms with E-state index >= 15 is 0 Å². The molecule has 148 valence electrons. The van der Waals surface area contributed by atoms with E-state index in [2.05, 4.69) is 10.6 Å². The molecule has 0 aliphatic rings. The molecule has 9 nitrogen and oxygen atoms in total. The molecule has 0 heterocycles. The third-order valence-corrected chi connectivity index (χ3v) is 3.95. The van der Waals surface area contributed by atoms with Crippen LogP contribution in [0.4, 0.5) is 0 Å². The third kappa shape index (κ3) is 6.80. The first kappa shape index (κ1) is 22.3. The van der Waals surface area contributed by atoms with E-state index < -0.39 is 41.7 Å². The predicted octanol–water partition coefficient (Wildman–Crippen LogP) is -0.544. The molecule has 0 unspecified atom stereocenters. The lowest BCUT2D eigenvalue weighted by Gasteiger charge is -2.27. The van der Waals surface area contributed by atoms with Crippen LogP contribution in [0.3, 0.4) is 0 Å². The molecular formula is C18H24N2O7. The fourth-order valence-corrected chi connectivity index (χ4v) is 2.00. The van der Waals surface area contributed by atoms with Crippen molar-refractivity contribution in [2.75, 3.05) is 13.2 Å². The number of hydrogen-bond acceptors (Lipinski definition) is 6. The van der Waals surface area contributed by atoms with E-state index in [-0.39, 0.29) is 25.1 Å². The van der Waals surface area contributed by atoms with Crippen LogP contribution in [0.2, 0.25) is 0 Å². The van der Waals surface area contributed by atoms with E-state index in [9.17, 15) is 24.3 Å². The van der Waals surface area contributed by atoms with E-state index in [0.717, 1.165) is 0 Å². The number of ketones is 1. The average Bonchev–Trinajstić information content (AvgIpc) is 2.65. The molecular weight excluding hydrogens is 356 g/mol. The number of benzene rings is 1. The van der Waals surface area contributed by atoms with Gasteiger partial charge in [0.25, 0.3) is 5.91 Å². The first-order valence-corrected chi connectivity index (χ1v) is 8.28. The first-order valence-electron chi connectivity index (χ1n) is 8.28. The van der Waals surface area contributed by atoms with Crippen LogP contribution in [-0.4, -0.2) is 58.1 Å². The molecule has 0 aromatic heterocycles. The summed E-state index contributed by atoms with van der Waals surface area (Å²) in [5.41, 5.74) is -0.283. The maximum Gasteiger partial charge on any atom is 0.335 e. The van der Waals surface area contributed by atoms with Crippen LogP contribution in [0, 0.1) is 5.41 Å². The topological polar surface area (TPSA) is 153 Å². The van der Waals surface area contributed by atoms with Gasteiger partial charge in [-0.15, -0.1) is 0 Å². The molecule has 0 fully saturated rings. The van der Waals surface area contributed by atoms with Crippen molar-refractivity contribution in [3.63, 3.8) is 0 Å². The second-order valence-corrected chi connectivity index (χ2v) is 6.70. The Morgan fingerprint density at radius 3 is 2.19 bits per heavy atom. The minimum atomic E-state index is -1.44. The highest BCUT2D eigenvalue weighted by Gasteiger charge is 2.32. The molecule has 1 rings (SSSR count). The summed E-state index contributed by atoms with van der Waals surface area (Å²) in [5, 5.41) is 32.5. The number of carbonyl (C=O) groups is 4. The van der Waals surface area contributed by atoms with Crippen LogP contribution in [0.25, 0.3) is 0 Å². The van der Waals surface area contributed by atoms with Gasteiger partial charge < -0.3 is 26.0 Å². The number of carboxylic acid groups (broad SMARTS) is 1. The molecule has 2 amide bonds. The van der Waals surface area contributed by atoms with Gasteiger partial charge in [-0.3, -0.25) is 14.4 Å². The molecule has 0 aliphatic heterocycles. The highest BCUT2D eigenvalue weighted by Crippen LogP contribution is 2.19. The normalized spacial score (nSPS) is 12.1. The Balaban J connectivity index is 2.39. The summed E-state index contributed by atoms with van der Waals surface area (Å²) in [5.74, 6) is -3.37. The SMILES string of the molecule is CC(C)(CO)[C@@H](O)C(=O)NCCC(=O)C(=O)NCc1ccc(C(=O)O)cc1. The Bertz CT molecular complexity index is 698. The van der Waals surface area contributed by atoms with Crippen molar-refractivity contribution in [1.82, 2.24) is 10.6 Å². The number of aliphatic hydroxyl groups excluding tert-OH is 2. The molecule has 1 aromatic carbocycles. The highest BCUT2D eigenvalue weighted by atomic mass is 16.4. The summed E-state index contributed by atoms with van der Waals surface area (Å²) in [4.78, 5) is 46.0. The van der Waals surface area contributed by atoms with E-state index in [1.807, 2.05) is 0 Å². The second-order valence-electron chi connectivity index (χ2n) is 6.70. The van der Waals surface area contributed by atoms with Gasteiger partial charge in [-0.05, 0) is 17.7 Å². The minimum absolute atomic E-state index is 0.0558. The molecule has 0 spiro atoms. The Hall–Kier alpha value is -2.78. The fourth-order valence-electron chi connectivity index (χ4n) is 2.00. The molecule has 1 aromatic rings. The van der Waals surface area contributed by atoms with Crippen LogP contribution in [-0.2, 0) is 20.9 Å². The van der Waals surface area contributed by atoms with E-state index in [1.54, 1.807) is 0 Å². The van der Waals surface area contributed by atoms with Crippen molar-refractivity contribution in [2.45, 2.75) is 32.9 Å². The quantitative estimate of drug-likeness (QED) is 0.342. The summed E-state index contributed by atoms with van der Waals surface area (Å²) < 4.78 is 0. The summed E-state index contributed by atoms with van der Waals surface area (Å²) in [6.45, 7) is 2.56. The maximum atomic E-state index is 11.8. The molecule has 0 aliphatic carbocycles. The van der Waals surface area contributed by atoms with E-state index in [4.69, 9.17) is 10.2 Å². The van der Waals surface area contributed by atoms with Crippen LogP contribution >= 0.6 is 0 Å².